The first-order chi connectivity index (χ1) is 10.3. The normalized spacial score (nSPS) is 18.4. The van der Waals surface area contributed by atoms with Gasteiger partial charge in [-0.1, -0.05) is 30.3 Å². The van der Waals surface area contributed by atoms with Crippen LogP contribution < -0.4 is 10.6 Å². The first-order valence-corrected chi connectivity index (χ1v) is 8.69. The lowest BCUT2D eigenvalue weighted by atomic mass is 10.2. The molecule has 1 saturated heterocycles. The average Bonchev–Trinajstić information content (AvgIpc) is 2.53. The van der Waals surface area contributed by atoms with E-state index in [0.29, 0.717) is 32.2 Å². The second-order valence-electron chi connectivity index (χ2n) is 5.17. The zero-order valence-electron chi connectivity index (χ0n) is 12.3. The third kappa shape index (κ3) is 6.98. The van der Waals surface area contributed by atoms with Crippen molar-refractivity contribution in [1.82, 2.24) is 10.6 Å². The molecule has 2 rings (SSSR count). The molecule has 0 aromatic heterocycles. The minimum Gasteiger partial charge on any atom is -0.377 e. The van der Waals surface area contributed by atoms with Crippen molar-refractivity contribution in [2.45, 2.75) is 25.5 Å². The Balaban J connectivity index is 1.46. The second-order valence-corrected chi connectivity index (χ2v) is 6.32. The summed E-state index contributed by atoms with van der Waals surface area (Å²) in [6, 6.07) is 10.5. The molecule has 0 aliphatic carbocycles. The fourth-order valence-electron chi connectivity index (χ4n) is 2.21. The fourth-order valence-corrected chi connectivity index (χ4v) is 3.16. The first kappa shape index (κ1) is 16.3. The molecular formula is C16H24N2O2S. The van der Waals surface area contributed by atoms with Gasteiger partial charge >= 0.3 is 0 Å². The first-order valence-electron chi connectivity index (χ1n) is 7.54. The van der Waals surface area contributed by atoms with Crippen LogP contribution in [0.25, 0.3) is 0 Å². The Morgan fingerprint density at radius 2 is 2.24 bits per heavy atom. The number of hydrogen-bond acceptors (Lipinski definition) is 4. The monoisotopic (exact) mass is 308 g/mol. The van der Waals surface area contributed by atoms with Gasteiger partial charge in [0.1, 0.15) is 0 Å². The molecule has 1 aromatic rings. The summed E-state index contributed by atoms with van der Waals surface area (Å²) < 4.78 is 5.58. The number of carbonyl (C=O) groups excluding carboxylic acids is 1. The van der Waals surface area contributed by atoms with E-state index in [-0.39, 0.29) is 5.91 Å². The van der Waals surface area contributed by atoms with Crippen molar-refractivity contribution in [1.29, 1.82) is 0 Å². The van der Waals surface area contributed by atoms with Crippen LogP contribution in [0.3, 0.4) is 0 Å². The quantitative estimate of drug-likeness (QED) is 0.719. The van der Waals surface area contributed by atoms with Gasteiger partial charge in [-0.25, -0.2) is 0 Å². The van der Waals surface area contributed by atoms with Gasteiger partial charge in [0.05, 0.1) is 6.61 Å². The number of hydrogen-bond donors (Lipinski definition) is 2. The van der Waals surface area contributed by atoms with Crippen LogP contribution in [0.15, 0.2) is 30.3 Å². The van der Waals surface area contributed by atoms with Crippen LogP contribution in [0.5, 0.6) is 0 Å². The Bertz CT molecular complexity index is 408. The molecule has 1 atom stereocenters. The number of carbonyl (C=O) groups is 1. The summed E-state index contributed by atoms with van der Waals surface area (Å²) in [5.74, 6) is 2.32. The lowest BCUT2D eigenvalue weighted by Gasteiger charge is -2.22. The summed E-state index contributed by atoms with van der Waals surface area (Å²) in [5.41, 5.74) is 1.18. The lowest BCUT2D eigenvalue weighted by Crippen LogP contribution is -2.41. The summed E-state index contributed by atoms with van der Waals surface area (Å²) in [6.45, 7) is 3.01. The van der Waals surface area contributed by atoms with E-state index in [9.17, 15) is 4.79 Å². The summed E-state index contributed by atoms with van der Waals surface area (Å²) >= 11 is 1.92. The number of thioether (sulfide) groups is 1. The summed E-state index contributed by atoms with van der Waals surface area (Å²) in [7, 11) is 0. The van der Waals surface area contributed by atoms with E-state index >= 15 is 0 Å². The molecule has 2 N–H and O–H groups in total. The molecule has 116 valence electrons. The highest BCUT2D eigenvalue weighted by Gasteiger charge is 2.16. The minimum absolute atomic E-state index is 0.137. The van der Waals surface area contributed by atoms with Crippen molar-refractivity contribution in [3.05, 3.63) is 35.9 Å². The van der Waals surface area contributed by atoms with Crippen LogP contribution in [-0.2, 0) is 16.1 Å². The molecule has 1 aromatic carbocycles. The molecule has 1 unspecified atom stereocenters. The van der Waals surface area contributed by atoms with E-state index in [1.807, 2.05) is 30.0 Å². The molecule has 4 nitrogen and oxygen atoms in total. The maximum Gasteiger partial charge on any atom is 0.221 e. The van der Waals surface area contributed by atoms with Gasteiger partial charge in [-0.2, -0.15) is 11.8 Å². The Kier molecular flexibility index (Phi) is 7.63. The van der Waals surface area contributed by atoms with Crippen LogP contribution in [0.4, 0.5) is 0 Å². The van der Waals surface area contributed by atoms with E-state index in [1.54, 1.807) is 0 Å². The molecule has 1 aliphatic rings. The second kappa shape index (κ2) is 9.82. The third-order valence-electron chi connectivity index (χ3n) is 3.33. The van der Waals surface area contributed by atoms with Crippen LogP contribution in [0, 0.1) is 0 Å². The molecule has 0 radical (unpaired) electrons. The minimum atomic E-state index is 0.137. The predicted molar refractivity (Wildman–Crippen MR) is 87.5 cm³/mol. The van der Waals surface area contributed by atoms with Gasteiger partial charge in [0.15, 0.2) is 0 Å². The van der Waals surface area contributed by atoms with Crippen LogP contribution in [0.2, 0.25) is 0 Å². The van der Waals surface area contributed by atoms with Gasteiger partial charge in [0.2, 0.25) is 5.91 Å². The Morgan fingerprint density at radius 3 is 3.00 bits per heavy atom. The van der Waals surface area contributed by atoms with Crippen molar-refractivity contribution in [2.75, 3.05) is 31.2 Å². The molecule has 0 bridgehead atoms. The molecule has 5 heteroatoms. The van der Waals surface area contributed by atoms with Crippen LogP contribution in [-0.4, -0.2) is 43.2 Å². The maximum absolute atomic E-state index is 11.8. The number of amides is 1. The fraction of sp³-hybridized carbons (Fsp3) is 0.562. The average molecular weight is 308 g/mol. The van der Waals surface area contributed by atoms with E-state index in [2.05, 4.69) is 22.8 Å². The lowest BCUT2D eigenvalue weighted by molar-refractivity contribution is -0.121. The highest BCUT2D eigenvalue weighted by Crippen LogP contribution is 2.09. The molecule has 1 aliphatic heterocycles. The molecule has 0 spiro atoms. The van der Waals surface area contributed by atoms with Crippen molar-refractivity contribution in [2.24, 2.45) is 0 Å². The Morgan fingerprint density at radius 1 is 1.38 bits per heavy atom. The predicted octanol–water partition coefficient (Wildman–Crippen LogP) is 1.80. The Labute approximate surface area is 131 Å². The van der Waals surface area contributed by atoms with E-state index in [4.69, 9.17) is 4.74 Å². The van der Waals surface area contributed by atoms with Crippen molar-refractivity contribution in [3.8, 4) is 0 Å². The number of ether oxygens (including phenoxy) is 1. The SMILES string of the molecule is O=C(CC1CSCCN1)NCCCOCc1ccccc1. The van der Waals surface area contributed by atoms with Gasteiger partial charge in [-0.3, -0.25) is 4.79 Å². The van der Waals surface area contributed by atoms with E-state index in [0.717, 1.165) is 24.5 Å². The standard InChI is InChI=1S/C16H24N2O2S/c19-16(11-15-13-21-10-8-17-15)18-7-4-9-20-12-14-5-2-1-3-6-14/h1-3,5-6,15,17H,4,7-13H2,(H,18,19). The highest BCUT2D eigenvalue weighted by atomic mass is 32.2. The number of benzene rings is 1. The summed E-state index contributed by atoms with van der Waals surface area (Å²) in [6.07, 6.45) is 1.43. The molecule has 21 heavy (non-hydrogen) atoms. The van der Waals surface area contributed by atoms with Crippen LogP contribution >= 0.6 is 11.8 Å². The van der Waals surface area contributed by atoms with Gasteiger partial charge in [-0.05, 0) is 12.0 Å². The molecule has 1 heterocycles. The van der Waals surface area contributed by atoms with E-state index in [1.165, 1.54) is 5.56 Å². The summed E-state index contributed by atoms with van der Waals surface area (Å²) in [4.78, 5) is 11.8. The Hall–Kier alpha value is -1.04. The van der Waals surface area contributed by atoms with Gasteiger partial charge < -0.3 is 15.4 Å². The topological polar surface area (TPSA) is 50.4 Å². The van der Waals surface area contributed by atoms with Crippen molar-refractivity contribution in [3.63, 3.8) is 0 Å². The number of rotatable bonds is 8. The zero-order valence-corrected chi connectivity index (χ0v) is 13.2. The molecule has 1 amide bonds. The molecule has 0 saturated carbocycles. The third-order valence-corrected chi connectivity index (χ3v) is 4.46. The zero-order chi connectivity index (χ0) is 14.8. The number of nitrogens with one attached hydrogen (secondary N) is 2. The van der Waals surface area contributed by atoms with Gasteiger partial charge in [0.25, 0.3) is 0 Å². The van der Waals surface area contributed by atoms with E-state index < -0.39 is 0 Å². The molecule has 1 fully saturated rings. The maximum atomic E-state index is 11.8. The van der Waals surface area contributed by atoms with Crippen molar-refractivity contribution >= 4 is 17.7 Å². The van der Waals surface area contributed by atoms with Crippen LogP contribution in [0.1, 0.15) is 18.4 Å². The van der Waals surface area contributed by atoms with Gasteiger partial charge in [-0.15, -0.1) is 0 Å². The smallest absolute Gasteiger partial charge is 0.221 e. The van der Waals surface area contributed by atoms with Crippen molar-refractivity contribution < 1.29 is 9.53 Å². The largest absolute Gasteiger partial charge is 0.377 e. The van der Waals surface area contributed by atoms with Gasteiger partial charge in [0, 0.05) is 43.7 Å². The summed E-state index contributed by atoms with van der Waals surface area (Å²) in [5, 5.41) is 6.33. The highest BCUT2D eigenvalue weighted by molar-refractivity contribution is 7.99. The molecular weight excluding hydrogens is 284 g/mol.